The Balaban J connectivity index is 2.42. The molecule has 3 nitrogen and oxygen atoms in total. The number of carbonyl (C=O) groups is 1. The van der Waals surface area contributed by atoms with Crippen molar-refractivity contribution in [3.8, 4) is 0 Å². The highest BCUT2D eigenvalue weighted by Gasteiger charge is 2.40. The molecule has 1 fully saturated rings. The van der Waals surface area contributed by atoms with Crippen LogP contribution in [-0.2, 0) is 4.74 Å². The Morgan fingerprint density at radius 2 is 2.14 bits per heavy atom. The Bertz CT molecular complexity index is 225. The quantitative estimate of drug-likeness (QED) is 0.654. The van der Waals surface area contributed by atoms with Crippen molar-refractivity contribution >= 4 is 6.09 Å². The Hall–Kier alpha value is -0.800. The van der Waals surface area contributed by atoms with Gasteiger partial charge in [0.15, 0.2) is 0 Å². The van der Waals surface area contributed by atoms with Crippen LogP contribution >= 0.6 is 0 Å². The van der Waals surface area contributed by atoms with Crippen LogP contribution in [0.2, 0.25) is 0 Å². The van der Waals surface area contributed by atoms with Crippen LogP contribution in [0.3, 0.4) is 0 Å². The van der Waals surface area contributed by atoms with Gasteiger partial charge >= 0.3 is 6.09 Å². The van der Waals surface area contributed by atoms with Crippen molar-refractivity contribution < 1.29 is 13.9 Å². The van der Waals surface area contributed by atoms with Crippen molar-refractivity contribution in [1.82, 2.24) is 4.90 Å². The van der Waals surface area contributed by atoms with Crippen LogP contribution in [0.5, 0.6) is 0 Å². The molecule has 0 saturated carbocycles. The number of nitrogens with zero attached hydrogens (tertiary/aromatic N) is 1. The van der Waals surface area contributed by atoms with Crippen molar-refractivity contribution in [3.63, 3.8) is 0 Å². The van der Waals surface area contributed by atoms with Gasteiger partial charge in [0.25, 0.3) is 0 Å². The van der Waals surface area contributed by atoms with Gasteiger partial charge in [0.1, 0.15) is 5.60 Å². The number of ether oxygens (including phenoxy) is 1. The Labute approximate surface area is 84.2 Å². The number of hydrogen-bond acceptors (Lipinski definition) is 2. The highest BCUT2D eigenvalue weighted by Crippen LogP contribution is 2.26. The van der Waals surface area contributed by atoms with Gasteiger partial charge in [-0.25, -0.2) is 4.79 Å². The molecule has 1 amide bonds. The number of likely N-dealkylation sites (tertiary alicyclic amines) is 1. The van der Waals surface area contributed by atoms with E-state index in [1.807, 2.05) is 27.7 Å². The number of alkyl halides is 1. The smallest absolute Gasteiger partial charge is 0.410 e. The second kappa shape index (κ2) is 3.75. The van der Waals surface area contributed by atoms with Crippen LogP contribution in [0.15, 0.2) is 0 Å². The summed E-state index contributed by atoms with van der Waals surface area (Å²) in [6, 6.07) is -0.0325. The summed E-state index contributed by atoms with van der Waals surface area (Å²) in [5.74, 6) is -0.0116. The van der Waals surface area contributed by atoms with Crippen molar-refractivity contribution in [2.24, 2.45) is 5.92 Å². The maximum atomic E-state index is 12.3. The second-order valence-electron chi connectivity index (χ2n) is 4.79. The molecule has 1 aliphatic rings. The zero-order chi connectivity index (χ0) is 10.9. The van der Waals surface area contributed by atoms with Gasteiger partial charge in [0.05, 0.1) is 6.67 Å². The van der Waals surface area contributed by atoms with E-state index in [4.69, 9.17) is 4.74 Å². The Morgan fingerprint density at radius 3 is 2.50 bits per heavy atom. The van der Waals surface area contributed by atoms with Gasteiger partial charge < -0.3 is 9.64 Å². The van der Waals surface area contributed by atoms with E-state index in [-0.39, 0.29) is 24.7 Å². The highest BCUT2D eigenvalue weighted by atomic mass is 19.1. The molecule has 0 aromatic rings. The highest BCUT2D eigenvalue weighted by molar-refractivity contribution is 5.69. The van der Waals surface area contributed by atoms with Crippen LogP contribution in [0.1, 0.15) is 27.7 Å². The summed E-state index contributed by atoms with van der Waals surface area (Å²) >= 11 is 0. The first-order valence-electron chi connectivity index (χ1n) is 4.90. The molecular formula is C10H18FNO2. The molecule has 4 heteroatoms. The molecule has 0 aromatic carbocycles. The molecule has 1 heterocycles. The van der Waals surface area contributed by atoms with Gasteiger partial charge in [-0.05, 0) is 27.7 Å². The summed E-state index contributed by atoms with van der Waals surface area (Å²) in [6.07, 6.45) is -0.338. The molecule has 0 radical (unpaired) electrons. The maximum absolute atomic E-state index is 12.3. The fourth-order valence-corrected chi connectivity index (χ4v) is 1.43. The van der Waals surface area contributed by atoms with Gasteiger partial charge in [-0.1, -0.05) is 0 Å². The van der Waals surface area contributed by atoms with E-state index in [0.29, 0.717) is 6.54 Å². The largest absolute Gasteiger partial charge is 0.444 e. The van der Waals surface area contributed by atoms with Gasteiger partial charge in [-0.2, -0.15) is 0 Å². The van der Waals surface area contributed by atoms with E-state index in [0.717, 1.165) is 0 Å². The lowest BCUT2D eigenvalue weighted by Crippen LogP contribution is -2.58. The van der Waals surface area contributed by atoms with E-state index < -0.39 is 5.60 Å². The van der Waals surface area contributed by atoms with E-state index in [9.17, 15) is 9.18 Å². The molecule has 0 spiro atoms. The normalized spacial score (nSPS) is 27.1. The minimum absolute atomic E-state index is 0.0116. The minimum atomic E-state index is -0.475. The van der Waals surface area contributed by atoms with Crippen molar-refractivity contribution in [1.29, 1.82) is 0 Å². The van der Waals surface area contributed by atoms with E-state index in [2.05, 4.69) is 0 Å². The summed E-state index contributed by atoms with van der Waals surface area (Å²) in [6.45, 7) is 7.43. The predicted molar refractivity (Wildman–Crippen MR) is 51.9 cm³/mol. The third-order valence-corrected chi connectivity index (χ3v) is 2.43. The van der Waals surface area contributed by atoms with Crippen LogP contribution in [-0.4, -0.2) is 35.9 Å². The molecule has 82 valence electrons. The van der Waals surface area contributed by atoms with Gasteiger partial charge in [-0.3, -0.25) is 4.39 Å². The molecule has 14 heavy (non-hydrogen) atoms. The molecule has 0 aliphatic carbocycles. The number of rotatable bonds is 1. The molecule has 0 N–H and O–H groups in total. The average Bonchev–Trinajstić information content (AvgIpc) is 1.99. The second-order valence-corrected chi connectivity index (χ2v) is 4.79. The Kier molecular flexibility index (Phi) is 3.02. The first-order valence-corrected chi connectivity index (χ1v) is 4.90. The zero-order valence-corrected chi connectivity index (χ0v) is 9.21. The van der Waals surface area contributed by atoms with Crippen LogP contribution < -0.4 is 0 Å². The summed E-state index contributed by atoms with van der Waals surface area (Å²) in [5, 5.41) is 0. The summed E-state index contributed by atoms with van der Waals surface area (Å²) < 4.78 is 17.5. The lowest BCUT2D eigenvalue weighted by Gasteiger charge is -2.45. The minimum Gasteiger partial charge on any atom is -0.444 e. The lowest BCUT2D eigenvalue weighted by molar-refractivity contribution is -0.0296. The maximum Gasteiger partial charge on any atom is 0.410 e. The molecule has 2 atom stereocenters. The molecule has 0 aromatic heterocycles. The van der Waals surface area contributed by atoms with E-state index in [1.54, 1.807) is 4.90 Å². The molecule has 1 aliphatic heterocycles. The predicted octanol–water partition coefficient (Wildman–Crippen LogP) is 2.21. The lowest BCUT2D eigenvalue weighted by atomic mass is 9.92. The monoisotopic (exact) mass is 203 g/mol. The van der Waals surface area contributed by atoms with E-state index >= 15 is 0 Å². The summed E-state index contributed by atoms with van der Waals surface area (Å²) in [7, 11) is 0. The van der Waals surface area contributed by atoms with Crippen LogP contribution in [0, 0.1) is 5.92 Å². The SMILES string of the molecule is C[C@H]1[C@@H](CF)CN1C(=O)OC(C)(C)C. The number of hydrogen-bond donors (Lipinski definition) is 0. The average molecular weight is 203 g/mol. The summed E-state index contributed by atoms with van der Waals surface area (Å²) in [4.78, 5) is 13.1. The topological polar surface area (TPSA) is 29.5 Å². The first-order chi connectivity index (χ1) is 6.35. The standard InChI is InChI=1S/C10H18FNO2/c1-7-8(5-11)6-12(7)9(13)14-10(2,3)4/h7-8H,5-6H2,1-4H3/t7-,8-/m0/s1. The van der Waals surface area contributed by atoms with E-state index in [1.165, 1.54) is 0 Å². The zero-order valence-electron chi connectivity index (χ0n) is 9.21. The molecule has 0 unspecified atom stereocenters. The number of amides is 1. The third-order valence-electron chi connectivity index (χ3n) is 2.43. The van der Waals surface area contributed by atoms with Gasteiger partial charge in [-0.15, -0.1) is 0 Å². The van der Waals surface area contributed by atoms with Crippen LogP contribution in [0.4, 0.5) is 9.18 Å². The molecular weight excluding hydrogens is 185 g/mol. The molecule has 1 saturated heterocycles. The fourth-order valence-electron chi connectivity index (χ4n) is 1.43. The first kappa shape index (κ1) is 11.3. The number of carbonyl (C=O) groups excluding carboxylic acids is 1. The van der Waals surface area contributed by atoms with Crippen molar-refractivity contribution in [3.05, 3.63) is 0 Å². The van der Waals surface area contributed by atoms with Crippen LogP contribution in [0.25, 0.3) is 0 Å². The molecule has 0 bridgehead atoms. The van der Waals surface area contributed by atoms with Crippen molar-refractivity contribution in [2.75, 3.05) is 13.2 Å². The third kappa shape index (κ3) is 2.36. The fraction of sp³-hybridized carbons (Fsp3) is 0.900. The summed E-state index contributed by atoms with van der Waals surface area (Å²) in [5.41, 5.74) is -0.475. The Morgan fingerprint density at radius 1 is 1.57 bits per heavy atom. The molecule has 1 rings (SSSR count). The van der Waals surface area contributed by atoms with Gasteiger partial charge in [0, 0.05) is 18.5 Å². The number of halogens is 1. The van der Waals surface area contributed by atoms with Gasteiger partial charge in [0.2, 0.25) is 0 Å². The van der Waals surface area contributed by atoms with Crippen molar-refractivity contribution in [2.45, 2.75) is 39.3 Å².